The number of likely N-dealkylation sites (tertiary alicyclic amines) is 1. The van der Waals surface area contributed by atoms with E-state index in [1.165, 1.54) is 4.90 Å². The molecule has 108 valence electrons. The van der Waals surface area contributed by atoms with Gasteiger partial charge in [0.15, 0.2) is 0 Å². The number of aliphatic carboxylic acids is 1. The van der Waals surface area contributed by atoms with Crippen LogP contribution in [0.25, 0.3) is 0 Å². The van der Waals surface area contributed by atoms with Gasteiger partial charge in [0, 0.05) is 6.54 Å². The lowest BCUT2D eigenvalue weighted by molar-refractivity contribution is -0.141. The van der Waals surface area contributed by atoms with Crippen LogP contribution in [-0.2, 0) is 9.59 Å². The molecule has 1 fully saturated rings. The molecule has 0 aromatic rings. The minimum Gasteiger partial charge on any atom is -0.480 e. The normalized spacial score (nSPS) is 20.7. The zero-order chi connectivity index (χ0) is 14.4. The fourth-order valence-electron chi connectivity index (χ4n) is 2.09. The topological polar surface area (TPSA) is 133 Å². The summed E-state index contributed by atoms with van der Waals surface area (Å²) in [5.74, 6) is -2.12. The summed E-state index contributed by atoms with van der Waals surface area (Å²) in [4.78, 5) is 35.0. The number of nitrogens with two attached hydrogens (primary N) is 1. The van der Waals surface area contributed by atoms with Crippen molar-refractivity contribution in [2.24, 2.45) is 5.73 Å². The lowest BCUT2D eigenvalue weighted by Gasteiger charge is -2.35. The highest BCUT2D eigenvalue weighted by Crippen LogP contribution is 2.16. The highest BCUT2D eigenvalue weighted by atomic mass is 16.4. The van der Waals surface area contributed by atoms with Crippen molar-refractivity contribution in [1.82, 2.24) is 10.2 Å². The molecule has 1 rings (SSSR count). The highest BCUT2D eigenvalue weighted by molar-refractivity contribution is 5.87. The van der Waals surface area contributed by atoms with E-state index >= 15 is 0 Å². The van der Waals surface area contributed by atoms with Gasteiger partial charge in [0.25, 0.3) is 0 Å². The van der Waals surface area contributed by atoms with Crippen LogP contribution in [0.2, 0.25) is 0 Å². The summed E-state index contributed by atoms with van der Waals surface area (Å²) in [6, 6.07) is -2.24. The number of carboxylic acid groups (broad SMARTS) is 1. The molecule has 8 heteroatoms. The third-order valence-electron chi connectivity index (χ3n) is 3.10. The zero-order valence-corrected chi connectivity index (χ0v) is 10.5. The van der Waals surface area contributed by atoms with Crippen molar-refractivity contribution in [1.29, 1.82) is 0 Å². The minimum absolute atomic E-state index is 0.166. The largest absolute Gasteiger partial charge is 0.480 e. The SMILES string of the molecule is NC(=O)C[C@@H](NC(=O)N1CCCCC1CO)C(=O)O. The second-order valence-corrected chi connectivity index (χ2v) is 4.54. The fourth-order valence-corrected chi connectivity index (χ4v) is 2.09. The number of aliphatic hydroxyl groups excluding tert-OH is 1. The Hall–Kier alpha value is -1.83. The van der Waals surface area contributed by atoms with Gasteiger partial charge in [-0.3, -0.25) is 4.79 Å². The van der Waals surface area contributed by atoms with Gasteiger partial charge in [-0.15, -0.1) is 0 Å². The van der Waals surface area contributed by atoms with E-state index in [0.29, 0.717) is 13.0 Å². The van der Waals surface area contributed by atoms with Gasteiger partial charge in [-0.05, 0) is 19.3 Å². The van der Waals surface area contributed by atoms with Gasteiger partial charge in [0.2, 0.25) is 5.91 Å². The van der Waals surface area contributed by atoms with Crippen molar-refractivity contribution < 1.29 is 24.6 Å². The maximum Gasteiger partial charge on any atom is 0.326 e. The third kappa shape index (κ3) is 4.40. The van der Waals surface area contributed by atoms with Crippen LogP contribution in [0.1, 0.15) is 25.7 Å². The summed E-state index contributed by atoms with van der Waals surface area (Å²) in [5, 5.41) is 20.3. The van der Waals surface area contributed by atoms with Crippen LogP contribution in [0.3, 0.4) is 0 Å². The number of carbonyl (C=O) groups is 3. The molecule has 1 aliphatic rings. The van der Waals surface area contributed by atoms with E-state index in [-0.39, 0.29) is 12.6 Å². The van der Waals surface area contributed by atoms with Crippen LogP contribution in [0.5, 0.6) is 0 Å². The van der Waals surface area contributed by atoms with E-state index in [9.17, 15) is 19.5 Å². The highest BCUT2D eigenvalue weighted by Gasteiger charge is 2.29. The van der Waals surface area contributed by atoms with Crippen LogP contribution < -0.4 is 11.1 Å². The standard InChI is InChI=1S/C11H19N3O5/c12-9(16)5-8(10(17)18)13-11(19)14-4-2-1-3-7(14)6-15/h7-8,15H,1-6H2,(H2,12,16)(H,13,19)(H,17,18)/t7?,8-/m1/s1. The Bertz CT molecular complexity index is 360. The Morgan fingerprint density at radius 1 is 1.37 bits per heavy atom. The summed E-state index contributed by atoms with van der Waals surface area (Å²) >= 11 is 0. The zero-order valence-electron chi connectivity index (χ0n) is 10.5. The van der Waals surface area contributed by atoms with Crippen LogP contribution in [0.4, 0.5) is 4.79 Å². The number of nitrogens with one attached hydrogen (secondary N) is 1. The van der Waals surface area contributed by atoms with E-state index < -0.39 is 30.4 Å². The molecule has 19 heavy (non-hydrogen) atoms. The summed E-state index contributed by atoms with van der Waals surface area (Å²) < 4.78 is 0. The average Bonchev–Trinajstić information content (AvgIpc) is 2.37. The molecule has 1 aliphatic heterocycles. The number of rotatable bonds is 5. The van der Waals surface area contributed by atoms with Crippen molar-refractivity contribution in [2.45, 2.75) is 37.8 Å². The van der Waals surface area contributed by atoms with Crippen molar-refractivity contribution in [2.75, 3.05) is 13.2 Å². The van der Waals surface area contributed by atoms with Crippen LogP contribution in [0, 0.1) is 0 Å². The third-order valence-corrected chi connectivity index (χ3v) is 3.10. The average molecular weight is 273 g/mol. The maximum absolute atomic E-state index is 12.0. The second-order valence-electron chi connectivity index (χ2n) is 4.54. The Morgan fingerprint density at radius 3 is 2.58 bits per heavy atom. The summed E-state index contributed by atoms with van der Waals surface area (Å²) in [6.07, 6.45) is 1.94. The van der Waals surface area contributed by atoms with Gasteiger partial charge in [-0.2, -0.15) is 0 Å². The number of primary amides is 1. The van der Waals surface area contributed by atoms with Crippen LogP contribution in [0.15, 0.2) is 0 Å². The predicted molar refractivity (Wildman–Crippen MR) is 65.2 cm³/mol. The number of urea groups is 1. The van der Waals surface area contributed by atoms with Gasteiger partial charge >= 0.3 is 12.0 Å². The number of carboxylic acids is 1. The Morgan fingerprint density at radius 2 is 2.05 bits per heavy atom. The van der Waals surface area contributed by atoms with Gasteiger partial charge in [0.1, 0.15) is 6.04 Å². The van der Waals surface area contributed by atoms with Crippen molar-refractivity contribution in [3.8, 4) is 0 Å². The van der Waals surface area contributed by atoms with E-state index in [4.69, 9.17) is 10.8 Å². The van der Waals surface area contributed by atoms with Crippen LogP contribution in [-0.4, -0.2) is 58.3 Å². The summed E-state index contributed by atoms with van der Waals surface area (Å²) in [5.41, 5.74) is 4.93. The molecular formula is C11H19N3O5. The Balaban J connectivity index is 2.64. The fraction of sp³-hybridized carbons (Fsp3) is 0.727. The molecule has 0 radical (unpaired) electrons. The number of nitrogens with zero attached hydrogens (tertiary/aromatic N) is 1. The number of hydrogen-bond donors (Lipinski definition) is 4. The number of aliphatic hydroxyl groups is 1. The van der Waals surface area contributed by atoms with Crippen molar-refractivity contribution >= 4 is 17.9 Å². The lowest BCUT2D eigenvalue weighted by Crippen LogP contribution is -2.54. The molecule has 0 spiro atoms. The first kappa shape index (κ1) is 15.2. The Kier molecular flexibility index (Phi) is 5.56. The number of hydrogen-bond acceptors (Lipinski definition) is 4. The molecule has 0 aromatic carbocycles. The number of amides is 3. The summed E-state index contributed by atoms with van der Waals surface area (Å²) in [6.45, 7) is 0.293. The number of piperidine rings is 1. The summed E-state index contributed by atoms with van der Waals surface area (Å²) in [7, 11) is 0. The van der Waals surface area contributed by atoms with Gasteiger partial charge in [0.05, 0.1) is 19.1 Å². The molecule has 2 atom stereocenters. The molecule has 1 saturated heterocycles. The van der Waals surface area contributed by atoms with Gasteiger partial charge in [-0.1, -0.05) is 0 Å². The molecular weight excluding hydrogens is 254 g/mol. The smallest absolute Gasteiger partial charge is 0.326 e. The molecule has 3 amide bonds. The molecule has 5 N–H and O–H groups in total. The lowest BCUT2D eigenvalue weighted by atomic mass is 10.0. The molecule has 1 unspecified atom stereocenters. The molecule has 0 aromatic heterocycles. The van der Waals surface area contributed by atoms with E-state index in [1.54, 1.807) is 0 Å². The molecule has 8 nitrogen and oxygen atoms in total. The van der Waals surface area contributed by atoms with Gasteiger partial charge < -0.3 is 26.2 Å². The van der Waals surface area contributed by atoms with E-state index in [0.717, 1.165) is 12.8 Å². The van der Waals surface area contributed by atoms with Crippen molar-refractivity contribution in [3.05, 3.63) is 0 Å². The minimum atomic E-state index is -1.34. The maximum atomic E-state index is 12.0. The first-order valence-corrected chi connectivity index (χ1v) is 6.14. The predicted octanol–water partition coefficient (Wildman–Crippen LogP) is -1.13. The Labute approximate surface area is 110 Å². The number of carbonyl (C=O) groups excluding carboxylic acids is 2. The van der Waals surface area contributed by atoms with Crippen molar-refractivity contribution in [3.63, 3.8) is 0 Å². The monoisotopic (exact) mass is 273 g/mol. The molecule has 1 heterocycles. The molecule has 0 aliphatic carbocycles. The van der Waals surface area contributed by atoms with E-state index in [2.05, 4.69) is 5.32 Å². The van der Waals surface area contributed by atoms with Crippen LogP contribution >= 0.6 is 0 Å². The van der Waals surface area contributed by atoms with E-state index in [1.807, 2.05) is 0 Å². The first-order chi connectivity index (χ1) is 8.95. The second kappa shape index (κ2) is 6.93. The quantitative estimate of drug-likeness (QED) is 0.503. The first-order valence-electron chi connectivity index (χ1n) is 6.14. The molecule has 0 saturated carbocycles. The molecule has 0 bridgehead atoms. The van der Waals surface area contributed by atoms with Gasteiger partial charge in [-0.25, -0.2) is 9.59 Å².